The molecule has 0 atom stereocenters. The number of para-hydroxylation sites is 1. The van der Waals surface area contributed by atoms with E-state index < -0.39 is 0 Å². The Kier molecular flexibility index (Phi) is 3.65. The van der Waals surface area contributed by atoms with E-state index >= 15 is 0 Å². The fourth-order valence-electron chi connectivity index (χ4n) is 1.33. The van der Waals surface area contributed by atoms with Crippen molar-refractivity contribution in [1.82, 2.24) is 0 Å². The van der Waals surface area contributed by atoms with Crippen LogP contribution >= 0.6 is 0 Å². The zero-order valence-corrected chi connectivity index (χ0v) is 9.19. The topological polar surface area (TPSA) is 45.0 Å². The van der Waals surface area contributed by atoms with E-state index in [1.807, 2.05) is 36.4 Å². The standard InChI is InChI=1S/C14H12N2O/c17-14-9-5-4-8-13(14)11-16-15-10-12-6-2-1-3-7-12/h1-11,17H/b15-10-,16-11-. The second-order valence-electron chi connectivity index (χ2n) is 3.46. The average molecular weight is 224 g/mol. The van der Waals surface area contributed by atoms with Gasteiger partial charge in [0.25, 0.3) is 0 Å². The summed E-state index contributed by atoms with van der Waals surface area (Å²) < 4.78 is 0. The van der Waals surface area contributed by atoms with Crippen molar-refractivity contribution in [2.24, 2.45) is 10.2 Å². The molecule has 0 saturated carbocycles. The summed E-state index contributed by atoms with van der Waals surface area (Å²) >= 11 is 0. The molecule has 0 heterocycles. The second-order valence-corrected chi connectivity index (χ2v) is 3.46. The van der Waals surface area contributed by atoms with Gasteiger partial charge in [-0.05, 0) is 17.7 Å². The van der Waals surface area contributed by atoms with Gasteiger partial charge in [0, 0.05) is 5.56 Å². The molecule has 84 valence electrons. The number of phenolic OH excluding ortho intramolecular Hbond substituents is 1. The third-order valence-electron chi connectivity index (χ3n) is 2.21. The number of phenols is 1. The minimum absolute atomic E-state index is 0.200. The van der Waals surface area contributed by atoms with Crippen molar-refractivity contribution in [2.45, 2.75) is 0 Å². The molecular formula is C14H12N2O. The van der Waals surface area contributed by atoms with Crippen LogP contribution in [-0.2, 0) is 0 Å². The molecule has 2 aromatic rings. The minimum Gasteiger partial charge on any atom is -0.507 e. The van der Waals surface area contributed by atoms with Gasteiger partial charge in [-0.1, -0.05) is 42.5 Å². The minimum atomic E-state index is 0.200. The molecule has 3 heteroatoms. The van der Waals surface area contributed by atoms with E-state index in [4.69, 9.17) is 0 Å². The van der Waals surface area contributed by atoms with Crippen molar-refractivity contribution in [2.75, 3.05) is 0 Å². The van der Waals surface area contributed by atoms with Gasteiger partial charge in [-0.2, -0.15) is 10.2 Å². The van der Waals surface area contributed by atoms with Crippen molar-refractivity contribution in [1.29, 1.82) is 0 Å². The Morgan fingerprint density at radius 1 is 0.765 bits per heavy atom. The van der Waals surface area contributed by atoms with Crippen LogP contribution in [0.3, 0.4) is 0 Å². The molecule has 0 aliphatic heterocycles. The normalized spacial score (nSPS) is 11.3. The molecule has 0 aliphatic rings. The Morgan fingerprint density at radius 3 is 2.18 bits per heavy atom. The van der Waals surface area contributed by atoms with Gasteiger partial charge in [0.15, 0.2) is 0 Å². The molecule has 0 spiro atoms. The Bertz CT molecular complexity index is 533. The maximum Gasteiger partial charge on any atom is 0.124 e. The fraction of sp³-hybridized carbons (Fsp3) is 0. The van der Waals surface area contributed by atoms with Gasteiger partial charge < -0.3 is 5.11 Å². The summed E-state index contributed by atoms with van der Waals surface area (Å²) in [5.74, 6) is 0.200. The van der Waals surface area contributed by atoms with E-state index in [2.05, 4.69) is 10.2 Å². The molecule has 0 radical (unpaired) electrons. The van der Waals surface area contributed by atoms with E-state index in [1.165, 1.54) is 6.21 Å². The molecule has 0 amide bonds. The quantitative estimate of drug-likeness (QED) is 0.632. The zero-order valence-electron chi connectivity index (χ0n) is 9.19. The van der Waals surface area contributed by atoms with E-state index in [0.717, 1.165) is 5.56 Å². The molecular weight excluding hydrogens is 212 g/mol. The van der Waals surface area contributed by atoms with Crippen LogP contribution < -0.4 is 0 Å². The lowest BCUT2D eigenvalue weighted by molar-refractivity contribution is 0.474. The van der Waals surface area contributed by atoms with Crippen LogP contribution in [0.25, 0.3) is 0 Å². The van der Waals surface area contributed by atoms with Gasteiger partial charge in [-0.3, -0.25) is 0 Å². The number of nitrogens with zero attached hydrogens (tertiary/aromatic N) is 2. The maximum atomic E-state index is 9.48. The van der Waals surface area contributed by atoms with Gasteiger partial charge in [0.05, 0.1) is 12.4 Å². The monoisotopic (exact) mass is 224 g/mol. The van der Waals surface area contributed by atoms with Crippen molar-refractivity contribution >= 4 is 12.4 Å². The summed E-state index contributed by atoms with van der Waals surface area (Å²) in [6.07, 6.45) is 3.19. The van der Waals surface area contributed by atoms with E-state index in [-0.39, 0.29) is 5.75 Å². The van der Waals surface area contributed by atoms with Crippen molar-refractivity contribution in [3.63, 3.8) is 0 Å². The molecule has 1 N–H and O–H groups in total. The van der Waals surface area contributed by atoms with E-state index in [9.17, 15) is 5.11 Å². The number of hydrogen-bond donors (Lipinski definition) is 1. The molecule has 0 bridgehead atoms. The molecule has 0 saturated heterocycles. The molecule has 0 aromatic heterocycles. The number of rotatable bonds is 3. The van der Waals surface area contributed by atoms with Gasteiger partial charge in [0.2, 0.25) is 0 Å². The third kappa shape index (κ3) is 3.28. The van der Waals surface area contributed by atoms with Crippen LogP contribution in [0.15, 0.2) is 64.8 Å². The highest BCUT2D eigenvalue weighted by atomic mass is 16.3. The first kappa shape index (κ1) is 11.1. The SMILES string of the molecule is Oc1ccccc1/C=N\N=C/c1ccccc1. The van der Waals surface area contributed by atoms with Gasteiger partial charge >= 0.3 is 0 Å². The predicted octanol–water partition coefficient (Wildman–Crippen LogP) is 2.85. The average Bonchev–Trinajstić information content (AvgIpc) is 2.38. The molecule has 2 aromatic carbocycles. The van der Waals surface area contributed by atoms with Gasteiger partial charge in [-0.25, -0.2) is 0 Å². The number of aromatic hydroxyl groups is 1. The highest BCUT2D eigenvalue weighted by molar-refractivity contribution is 5.84. The first-order chi connectivity index (χ1) is 8.36. The lowest BCUT2D eigenvalue weighted by Crippen LogP contribution is -1.81. The Balaban J connectivity index is 2.04. The van der Waals surface area contributed by atoms with Crippen molar-refractivity contribution in [3.8, 4) is 5.75 Å². The predicted molar refractivity (Wildman–Crippen MR) is 69.7 cm³/mol. The van der Waals surface area contributed by atoms with Gasteiger partial charge in [-0.15, -0.1) is 0 Å². The largest absolute Gasteiger partial charge is 0.507 e. The molecule has 2 rings (SSSR count). The summed E-state index contributed by atoms with van der Waals surface area (Å²) in [5.41, 5.74) is 1.64. The maximum absolute atomic E-state index is 9.48. The summed E-state index contributed by atoms with van der Waals surface area (Å²) in [4.78, 5) is 0. The van der Waals surface area contributed by atoms with Crippen molar-refractivity contribution < 1.29 is 5.11 Å². The van der Waals surface area contributed by atoms with Crippen LogP contribution in [0.5, 0.6) is 5.75 Å². The fourth-order valence-corrected chi connectivity index (χ4v) is 1.33. The first-order valence-electron chi connectivity index (χ1n) is 5.26. The van der Waals surface area contributed by atoms with Crippen molar-refractivity contribution in [3.05, 3.63) is 65.7 Å². The highest BCUT2D eigenvalue weighted by Crippen LogP contribution is 2.12. The zero-order chi connectivity index (χ0) is 11.9. The molecule has 17 heavy (non-hydrogen) atoms. The molecule has 3 nitrogen and oxygen atoms in total. The summed E-state index contributed by atoms with van der Waals surface area (Å²) in [7, 11) is 0. The highest BCUT2D eigenvalue weighted by Gasteiger charge is 1.93. The van der Waals surface area contributed by atoms with Crippen LogP contribution in [0, 0.1) is 0 Å². The van der Waals surface area contributed by atoms with Crippen LogP contribution in [-0.4, -0.2) is 17.5 Å². The molecule has 0 fully saturated rings. The van der Waals surface area contributed by atoms with Gasteiger partial charge in [0.1, 0.15) is 5.75 Å². The second kappa shape index (κ2) is 5.61. The Hall–Kier alpha value is -2.42. The van der Waals surface area contributed by atoms with Crippen LogP contribution in [0.2, 0.25) is 0 Å². The lowest BCUT2D eigenvalue weighted by atomic mass is 10.2. The van der Waals surface area contributed by atoms with E-state index in [1.54, 1.807) is 24.4 Å². The van der Waals surface area contributed by atoms with Crippen LogP contribution in [0.1, 0.15) is 11.1 Å². The lowest BCUT2D eigenvalue weighted by Gasteiger charge is -1.94. The Labute approximate surface area is 99.8 Å². The number of hydrogen-bond acceptors (Lipinski definition) is 3. The molecule has 0 aliphatic carbocycles. The molecule has 0 unspecified atom stereocenters. The summed E-state index contributed by atoms with van der Waals surface area (Å²) in [5, 5.41) is 17.3. The Morgan fingerprint density at radius 2 is 1.41 bits per heavy atom. The first-order valence-corrected chi connectivity index (χ1v) is 5.26. The smallest absolute Gasteiger partial charge is 0.124 e. The summed E-state index contributed by atoms with van der Waals surface area (Å²) in [6, 6.07) is 16.7. The third-order valence-corrected chi connectivity index (χ3v) is 2.21. The van der Waals surface area contributed by atoms with Crippen LogP contribution in [0.4, 0.5) is 0 Å². The number of benzene rings is 2. The van der Waals surface area contributed by atoms with E-state index in [0.29, 0.717) is 5.56 Å². The summed E-state index contributed by atoms with van der Waals surface area (Å²) in [6.45, 7) is 0.